The minimum absolute atomic E-state index is 0.0353. The Labute approximate surface area is 199 Å². The summed E-state index contributed by atoms with van der Waals surface area (Å²) < 4.78 is 6.90. The number of Topliss-reactive ketones (excluding diaryl/α,β-unsaturated/α-hetero) is 1. The third-order valence-corrected chi connectivity index (χ3v) is 6.31. The van der Waals surface area contributed by atoms with Crippen molar-refractivity contribution in [2.75, 3.05) is 20.3 Å². The Bertz CT molecular complexity index is 1270. The first-order valence-electron chi connectivity index (χ1n) is 11.5. The SMILES string of the molecule is COCCCN1C(=O)C(=O)C(=C(O)c2c(C)nc3ccccn23)C1c1ccc(C(C)(C)C)cc1. The fourth-order valence-corrected chi connectivity index (χ4v) is 4.53. The first-order valence-corrected chi connectivity index (χ1v) is 11.5. The minimum Gasteiger partial charge on any atom is -0.505 e. The molecule has 0 spiro atoms. The number of benzene rings is 1. The van der Waals surface area contributed by atoms with Crippen LogP contribution in [-0.2, 0) is 19.7 Å². The van der Waals surface area contributed by atoms with E-state index in [2.05, 4.69) is 25.8 Å². The largest absolute Gasteiger partial charge is 0.505 e. The van der Waals surface area contributed by atoms with Crippen molar-refractivity contribution >= 4 is 23.1 Å². The van der Waals surface area contributed by atoms with E-state index in [1.165, 1.54) is 4.90 Å². The number of ketones is 1. The Morgan fingerprint density at radius 3 is 2.47 bits per heavy atom. The molecular formula is C27H31N3O4. The number of aryl methyl sites for hydroxylation is 1. The second-order valence-corrected chi connectivity index (χ2v) is 9.69. The summed E-state index contributed by atoms with van der Waals surface area (Å²) in [4.78, 5) is 32.4. The maximum absolute atomic E-state index is 13.3. The zero-order chi connectivity index (χ0) is 24.6. The van der Waals surface area contributed by atoms with Gasteiger partial charge in [-0.1, -0.05) is 51.1 Å². The third-order valence-electron chi connectivity index (χ3n) is 6.31. The molecule has 1 aliphatic heterocycles. The molecule has 7 nitrogen and oxygen atoms in total. The summed E-state index contributed by atoms with van der Waals surface area (Å²) >= 11 is 0. The van der Waals surface area contributed by atoms with E-state index in [0.717, 1.165) is 11.1 Å². The van der Waals surface area contributed by atoms with E-state index in [1.54, 1.807) is 24.6 Å². The Morgan fingerprint density at radius 1 is 1.12 bits per heavy atom. The van der Waals surface area contributed by atoms with Gasteiger partial charge < -0.3 is 14.7 Å². The maximum atomic E-state index is 13.3. The molecule has 178 valence electrons. The van der Waals surface area contributed by atoms with Crippen molar-refractivity contribution in [1.29, 1.82) is 0 Å². The molecule has 7 heteroatoms. The number of nitrogens with zero attached hydrogens (tertiary/aromatic N) is 3. The summed E-state index contributed by atoms with van der Waals surface area (Å²) in [7, 11) is 1.60. The van der Waals surface area contributed by atoms with E-state index in [9.17, 15) is 14.7 Å². The number of pyridine rings is 1. The summed E-state index contributed by atoms with van der Waals surface area (Å²) in [5.74, 6) is -1.52. The highest BCUT2D eigenvalue weighted by Gasteiger charge is 2.46. The number of imidazole rings is 1. The van der Waals surface area contributed by atoms with Crippen molar-refractivity contribution in [1.82, 2.24) is 14.3 Å². The molecule has 1 fully saturated rings. The van der Waals surface area contributed by atoms with Gasteiger partial charge in [0.05, 0.1) is 17.3 Å². The van der Waals surface area contributed by atoms with Crippen LogP contribution in [0.4, 0.5) is 0 Å². The van der Waals surface area contributed by atoms with Crippen LogP contribution in [0.25, 0.3) is 11.4 Å². The van der Waals surface area contributed by atoms with E-state index >= 15 is 0 Å². The molecule has 0 bridgehead atoms. The van der Waals surface area contributed by atoms with Gasteiger partial charge >= 0.3 is 0 Å². The van der Waals surface area contributed by atoms with Crippen LogP contribution >= 0.6 is 0 Å². The molecule has 0 aliphatic carbocycles. The van der Waals surface area contributed by atoms with Gasteiger partial charge in [-0.05, 0) is 42.0 Å². The van der Waals surface area contributed by atoms with Crippen LogP contribution in [0.15, 0.2) is 54.2 Å². The Morgan fingerprint density at radius 2 is 1.82 bits per heavy atom. The zero-order valence-corrected chi connectivity index (χ0v) is 20.3. The predicted octanol–water partition coefficient (Wildman–Crippen LogP) is 4.40. The molecule has 1 saturated heterocycles. The number of hydrogen-bond donors (Lipinski definition) is 1. The highest BCUT2D eigenvalue weighted by Crippen LogP contribution is 2.40. The lowest BCUT2D eigenvalue weighted by Gasteiger charge is -2.26. The second-order valence-electron chi connectivity index (χ2n) is 9.69. The second kappa shape index (κ2) is 9.06. The Hall–Kier alpha value is -3.45. The number of aromatic nitrogens is 2. The van der Waals surface area contributed by atoms with E-state index in [0.29, 0.717) is 36.6 Å². The molecule has 0 radical (unpaired) electrons. The molecule has 2 aromatic heterocycles. The van der Waals surface area contributed by atoms with Crippen molar-refractivity contribution < 1.29 is 19.4 Å². The minimum atomic E-state index is -0.695. The first kappa shape index (κ1) is 23.7. The van der Waals surface area contributed by atoms with Crippen LogP contribution < -0.4 is 0 Å². The van der Waals surface area contributed by atoms with Crippen LogP contribution in [0.5, 0.6) is 0 Å². The Kier molecular flexibility index (Phi) is 6.32. The number of ether oxygens (including phenoxy) is 1. The van der Waals surface area contributed by atoms with E-state index in [4.69, 9.17) is 4.74 Å². The molecule has 4 rings (SSSR count). The number of carbonyl (C=O) groups is 2. The average molecular weight is 462 g/mol. The van der Waals surface area contributed by atoms with Crippen LogP contribution in [0.1, 0.15) is 55.7 Å². The standard InChI is InChI=1S/C27H31N3O4/c1-17-22(29-14-7-6-9-20(29)28-17)24(31)21-23(18-10-12-19(13-11-18)27(2,3)4)30(15-8-16-34-5)26(33)25(21)32/h6-7,9-14,23,31H,8,15-16H2,1-5H3. The lowest BCUT2D eigenvalue weighted by atomic mass is 9.85. The van der Waals surface area contributed by atoms with Gasteiger partial charge in [0.25, 0.3) is 11.7 Å². The van der Waals surface area contributed by atoms with Gasteiger partial charge in [0.15, 0.2) is 5.76 Å². The third kappa shape index (κ3) is 4.12. The topological polar surface area (TPSA) is 84.1 Å². The van der Waals surface area contributed by atoms with Crippen LogP contribution in [0.2, 0.25) is 0 Å². The van der Waals surface area contributed by atoms with Crippen molar-refractivity contribution in [3.8, 4) is 0 Å². The molecule has 1 amide bonds. The van der Waals surface area contributed by atoms with Gasteiger partial charge in [-0.2, -0.15) is 0 Å². The normalized spacial score (nSPS) is 18.3. The fourth-order valence-electron chi connectivity index (χ4n) is 4.53. The van der Waals surface area contributed by atoms with Gasteiger partial charge in [-0.3, -0.25) is 14.0 Å². The highest BCUT2D eigenvalue weighted by molar-refractivity contribution is 6.46. The monoisotopic (exact) mass is 461 g/mol. The number of aliphatic hydroxyl groups excluding tert-OH is 1. The number of methoxy groups -OCH3 is 1. The van der Waals surface area contributed by atoms with Crippen LogP contribution in [0, 0.1) is 6.92 Å². The van der Waals surface area contributed by atoms with Gasteiger partial charge in [0.1, 0.15) is 11.3 Å². The number of aliphatic hydroxyl groups is 1. The summed E-state index contributed by atoms with van der Waals surface area (Å²) in [6.07, 6.45) is 2.36. The van der Waals surface area contributed by atoms with Crippen molar-refractivity contribution in [2.45, 2.75) is 45.6 Å². The molecule has 3 heterocycles. The molecule has 1 aliphatic rings. The van der Waals surface area contributed by atoms with E-state index in [1.807, 2.05) is 42.5 Å². The number of rotatable bonds is 6. The van der Waals surface area contributed by atoms with Gasteiger partial charge in [0, 0.05) is 26.5 Å². The molecule has 3 aromatic rings. The molecule has 1 unspecified atom stereocenters. The molecule has 1 N–H and O–H groups in total. The fraction of sp³-hybridized carbons (Fsp3) is 0.370. The molecule has 0 saturated carbocycles. The number of amides is 1. The lowest BCUT2D eigenvalue weighted by Crippen LogP contribution is -2.31. The van der Waals surface area contributed by atoms with Crippen molar-refractivity contribution in [3.63, 3.8) is 0 Å². The number of likely N-dealkylation sites (tertiary alicyclic amines) is 1. The molecule has 34 heavy (non-hydrogen) atoms. The zero-order valence-electron chi connectivity index (χ0n) is 20.3. The number of fused-ring (bicyclic) bond motifs is 1. The van der Waals surface area contributed by atoms with Gasteiger partial charge in [0.2, 0.25) is 0 Å². The highest BCUT2D eigenvalue weighted by atomic mass is 16.5. The predicted molar refractivity (Wildman–Crippen MR) is 131 cm³/mol. The smallest absolute Gasteiger partial charge is 0.295 e. The molecule has 1 atom stereocenters. The van der Waals surface area contributed by atoms with Crippen molar-refractivity contribution in [2.24, 2.45) is 0 Å². The maximum Gasteiger partial charge on any atom is 0.295 e. The molecule has 1 aromatic carbocycles. The van der Waals surface area contributed by atoms with Crippen molar-refractivity contribution in [3.05, 3.63) is 76.7 Å². The van der Waals surface area contributed by atoms with Crippen LogP contribution in [0.3, 0.4) is 0 Å². The van der Waals surface area contributed by atoms with E-state index in [-0.39, 0.29) is 16.7 Å². The van der Waals surface area contributed by atoms with Gasteiger partial charge in [-0.25, -0.2) is 4.98 Å². The number of hydrogen-bond acceptors (Lipinski definition) is 5. The van der Waals surface area contributed by atoms with Crippen LogP contribution in [-0.4, -0.2) is 51.3 Å². The average Bonchev–Trinajstić information content (AvgIpc) is 3.26. The van der Waals surface area contributed by atoms with Gasteiger partial charge in [-0.15, -0.1) is 0 Å². The lowest BCUT2D eigenvalue weighted by molar-refractivity contribution is -0.140. The summed E-state index contributed by atoms with van der Waals surface area (Å²) in [5, 5.41) is 11.5. The quantitative estimate of drug-likeness (QED) is 0.255. The summed E-state index contributed by atoms with van der Waals surface area (Å²) in [6, 6.07) is 12.7. The summed E-state index contributed by atoms with van der Waals surface area (Å²) in [6.45, 7) is 8.98. The first-order chi connectivity index (χ1) is 16.1. The Balaban J connectivity index is 1.89. The number of carbonyl (C=O) groups excluding carboxylic acids is 2. The summed E-state index contributed by atoms with van der Waals surface area (Å²) in [5.41, 5.74) is 3.62. The van der Waals surface area contributed by atoms with E-state index < -0.39 is 17.7 Å². The molecular weight excluding hydrogens is 430 g/mol.